The Morgan fingerprint density at radius 2 is 2.24 bits per heavy atom. The molecule has 0 unspecified atom stereocenters. The highest BCUT2D eigenvalue weighted by molar-refractivity contribution is 5.78. The lowest BCUT2D eigenvalue weighted by Crippen LogP contribution is -2.44. The number of nitrogens with two attached hydrogens (primary N) is 1. The molecule has 0 saturated carbocycles. The minimum atomic E-state index is -0.196. The van der Waals surface area contributed by atoms with Crippen molar-refractivity contribution in [2.24, 2.45) is 5.73 Å². The smallest absolute Gasteiger partial charge is 0.258 e. The van der Waals surface area contributed by atoms with Crippen LogP contribution in [-0.2, 0) is 11.2 Å². The average molecular weight is 290 g/mol. The number of amides is 1. The summed E-state index contributed by atoms with van der Waals surface area (Å²) >= 11 is 0. The fourth-order valence-electron chi connectivity index (χ4n) is 2.55. The highest BCUT2D eigenvalue weighted by Crippen LogP contribution is 2.30. The lowest BCUT2D eigenvalue weighted by atomic mass is 9.88. The number of nitrogens with one attached hydrogen (secondary N) is 1. The Morgan fingerprint density at radius 3 is 2.95 bits per heavy atom. The molecule has 0 bridgehead atoms. The first-order valence-electron chi connectivity index (χ1n) is 7.73. The van der Waals surface area contributed by atoms with Gasteiger partial charge in [0.1, 0.15) is 5.75 Å². The molecule has 0 saturated heterocycles. The van der Waals surface area contributed by atoms with Gasteiger partial charge < -0.3 is 15.8 Å². The number of ether oxygens (including phenoxy) is 1. The van der Waals surface area contributed by atoms with Crippen molar-refractivity contribution in [3.05, 3.63) is 29.3 Å². The van der Waals surface area contributed by atoms with Gasteiger partial charge in [-0.25, -0.2) is 0 Å². The summed E-state index contributed by atoms with van der Waals surface area (Å²) in [4.78, 5) is 11.9. The van der Waals surface area contributed by atoms with Gasteiger partial charge in [-0.1, -0.05) is 13.0 Å². The molecule has 0 heterocycles. The largest absolute Gasteiger partial charge is 0.484 e. The second kappa shape index (κ2) is 6.48. The first kappa shape index (κ1) is 15.8. The van der Waals surface area contributed by atoms with Crippen LogP contribution < -0.4 is 15.8 Å². The normalized spacial score (nSPS) is 18.0. The van der Waals surface area contributed by atoms with E-state index in [4.69, 9.17) is 10.5 Å². The number of aryl methyl sites for hydroxylation is 1. The molecule has 0 fully saturated rings. The minimum absolute atomic E-state index is 0.0391. The summed E-state index contributed by atoms with van der Waals surface area (Å²) in [6.45, 7) is 6.09. The maximum Gasteiger partial charge on any atom is 0.258 e. The number of carbonyl (C=O) groups excluding carboxylic acids is 1. The van der Waals surface area contributed by atoms with Gasteiger partial charge in [0.25, 0.3) is 5.91 Å². The van der Waals surface area contributed by atoms with E-state index in [9.17, 15) is 4.79 Å². The third-order valence-corrected chi connectivity index (χ3v) is 4.21. The number of hydrogen-bond donors (Lipinski definition) is 2. The Bertz CT molecular complexity index is 512. The molecule has 4 nitrogen and oxygen atoms in total. The topological polar surface area (TPSA) is 64.3 Å². The quantitative estimate of drug-likeness (QED) is 0.876. The molecule has 3 N–H and O–H groups in total. The molecular formula is C17H26N2O2. The highest BCUT2D eigenvalue weighted by Gasteiger charge is 2.19. The second-order valence-corrected chi connectivity index (χ2v) is 6.43. The van der Waals surface area contributed by atoms with Crippen LogP contribution in [-0.4, -0.2) is 18.1 Å². The lowest BCUT2D eigenvalue weighted by molar-refractivity contribution is -0.124. The van der Waals surface area contributed by atoms with Crippen molar-refractivity contribution in [1.29, 1.82) is 0 Å². The van der Waals surface area contributed by atoms with Crippen LogP contribution >= 0.6 is 0 Å². The first-order chi connectivity index (χ1) is 9.91. The molecule has 4 heteroatoms. The number of rotatable bonds is 5. The summed E-state index contributed by atoms with van der Waals surface area (Å²) in [5.41, 5.74) is 8.41. The fraction of sp³-hybridized carbons (Fsp3) is 0.588. The van der Waals surface area contributed by atoms with Crippen molar-refractivity contribution < 1.29 is 9.53 Å². The summed E-state index contributed by atoms with van der Waals surface area (Å²) in [7, 11) is 0. The van der Waals surface area contributed by atoms with Crippen LogP contribution in [0, 0.1) is 0 Å². The summed E-state index contributed by atoms with van der Waals surface area (Å²) < 4.78 is 5.60. The number of carbonyl (C=O) groups is 1. The second-order valence-electron chi connectivity index (χ2n) is 6.43. The maximum atomic E-state index is 11.9. The van der Waals surface area contributed by atoms with Crippen molar-refractivity contribution in [2.75, 3.05) is 6.61 Å². The van der Waals surface area contributed by atoms with Gasteiger partial charge in [0, 0.05) is 11.6 Å². The molecule has 116 valence electrons. The van der Waals surface area contributed by atoms with Crippen molar-refractivity contribution in [3.8, 4) is 5.75 Å². The molecular weight excluding hydrogens is 264 g/mol. The Labute approximate surface area is 127 Å². The van der Waals surface area contributed by atoms with Gasteiger partial charge >= 0.3 is 0 Å². The van der Waals surface area contributed by atoms with E-state index in [1.807, 2.05) is 32.9 Å². The number of hydrogen-bond acceptors (Lipinski definition) is 3. The summed E-state index contributed by atoms with van der Waals surface area (Å²) in [6.07, 6.45) is 4.12. The molecule has 1 amide bonds. The van der Waals surface area contributed by atoms with Crippen LogP contribution in [0.25, 0.3) is 0 Å². The molecule has 1 atom stereocenters. The van der Waals surface area contributed by atoms with E-state index in [1.54, 1.807) is 0 Å². The zero-order valence-corrected chi connectivity index (χ0v) is 13.2. The van der Waals surface area contributed by atoms with Crippen LogP contribution in [0.3, 0.4) is 0 Å². The zero-order valence-electron chi connectivity index (χ0n) is 13.2. The van der Waals surface area contributed by atoms with Crippen LogP contribution in [0.4, 0.5) is 0 Å². The molecule has 0 spiro atoms. The molecule has 0 aromatic heterocycles. The SMILES string of the molecule is CCC(C)(C)NC(=O)COc1ccc2c(c1)[C@H](N)CCC2. The molecule has 21 heavy (non-hydrogen) atoms. The van der Waals surface area contributed by atoms with Crippen molar-refractivity contribution >= 4 is 5.91 Å². The minimum Gasteiger partial charge on any atom is -0.484 e. The third-order valence-electron chi connectivity index (χ3n) is 4.21. The van der Waals surface area contributed by atoms with E-state index >= 15 is 0 Å². The van der Waals surface area contributed by atoms with Gasteiger partial charge in [0.2, 0.25) is 0 Å². The van der Waals surface area contributed by atoms with Gasteiger partial charge in [-0.3, -0.25) is 4.79 Å². The van der Waals surface area contributed by atoms with E-state index in [0.717, 1.165) is 37.0 Å². The van der Waals surface area contributed by atoms with E-state index in [2.05, 4.69) is 11.4 Å². The fourth-order valence-corrected chi connectivity index (χ4v) is 2.55. The van der Waals surface area contributed by atoms with Crippen LogP contribution in [0.2, 0.25) is 0 Å². The van der Waals surface area contributed by atoms with E-state index in [-0.39, 0.29) is 24.1 Å². The van der Waals surface area contributed by atoms with Gasteiger partial charge in [0.15, 0.2) is 6.61 Å². The molecule has 2 rings (SSSR count). The summed E-state index contributed by atoms with van der Waals surface area (Å²) in [5, 5.41) is 2.96. The van der Waals surface area contributed by atoms with E-state index in [0.29, 0.717) is 0 Å². The van der Waals surface area contributed by atoms with Gasteiger partial charge in [-0.05, 0) is 62.8 Å². The molecule has 1 aliphatic carbocycles. The predicted octanol–water partition coefficient (Wildman–Crippen LogP) is 2.71. The van der Waals surface area contributed by atoms with Gasteiger partial charge in [-0.2, -0.15) is 0 Å². The molecule has 1 aromatic carbocycles. The standard InChI is InChI=1S/C17H26N2O2/c1-4-17(2,3)19-16(20)11-21-13-9-8-12-6-5-7-15(18)14(12)10-13/h8-10,15H,4-7,11,18H2,1-3H3,(H,19,20)/t15-/m1/s1. The Hall–Kier alpha value is -1.55. The molecule has 0 aliphatic heterocycles. The average Bonchev–Trinajstić information content (AvgIpc) is 2.45. The zero-order chi connectivity index (χ0) is 15.5. The van der Waals surface area contributed by atoms with Crippen LogP contribution in [0.15, 0.2) is 18.2 Å². The summed E-state index contributed by atoms with van der Waals surface area (Å²) in [5.74, 6) is 0.624. The molecule has 1 aliphatic rings. The number of benzene rings is 1. The highest BCUT2D eigenvalue weighted by atomic mass is 16.5. The third kappa shape index (κ3) is 4.21. The van der Waals surface area contributed by atoms with Gasteiger partial charge in [0.05, 0.1) is 0 Å². The molecule has 1 aromatic rings. The Morgan fingerprint density at radius 1 is 1.48 bits per heavy atom. The van der Waals surface area contributed by atoms with Crippen molar-refractivity contribution in [3.63, 3.8) is 0 Å². The molecule has 0 radical (unpaired) electrons. The van der Waals surface area contributed by atoms with Crippen molar-refractivity contribution in [2.45, 2.75) is 58.0 Å². The van der Waals surface area contributed by atoms with E-state index in [1.165, 1.54) is 5.56 Å². The van der Waals surface area contributed by atoms with Crippen LogP contribution in [0.1, 0.15) is 57.2 Å². The van der Waals surface area contributed by atoms with Crippen LogP contribution in [0.5, 0.6) is 5.75 Å². The first-order valence-corrected chi connectivity index (χ1v) is 7.73. The number of fused-ring (bicyclic) bond motifs is 1. The Kier molecular flexibility index (Phi) is 4.88. The monoisotopic (exact) mass is 290 g/mol. The Balaban J connectivity index is 1.95. The lowest BCUT2D eigenvalue weighted by Gasteiger charge is -2.25. The summed E-state index contributed by atoms with van der Waals surface area (Å²) in [6, 6.07) is 6.06. The van der Waals surface area contributed by atoms with E-state index < -0.39 is 0 Å². The van der Waals surface area contributed by atoms with Crippen molar-refractivity contribution in [1.82, 2.24) is 5.32 Å². The maximum absolute atomic E-state index is 11.9. The predicted molar refractivity (Wildman–Crippen MR) is 84.3 cm³/mol. The van der Waals surface area contributed by atoms with Gasteiger partial charge in [-0.15, -0.1) is 0 Å².